The molecule has 0 radical (unpaired) electrons. The first-order valence-corrected chi connectivity index (χ1v) is 1.85. The Morgan fingerprint density at radius 2 is 1.33 bits per heavy atom. The third-order valence-corrected chi connectivity index (χ3v) is 0.566. The Morgan fingerprint density at radius 3 is 1.44 bits per heavy atom. The van der Waals surface area contributed by atoms with Gasteiger partial charge < -0.3 is 17.0 Å². The van der Waals surface area contributed by atoms with Crippen LogP contribution in [-0.4, -0.2) is 13.4 Å². The van der Waals surface area contributed by atoms with Crippen LogP contribution in [0.3, 0.4) is 0 Å². The SMILES string of the molecule is B.[Br-].[Na+].c1ccncc1. The maximum atomic E-state index is 3.78. The maximum absolute atomic E-state index is 3.78. The van der Waals surface area contributed by atoms with Crippen LogP contribution in [0.2, 0.25) is 0 Å². The number of halogens is 1. The van der Waals surface area contributed by atoms with E-state index in [1.165, 1.54) is 0 Å². The maximum Gasteiger partial charge on any atom is 1.00 e. The van der Waals surface area contributed by atoms with E-state index in [4.69, 9.17) is 0 Å². The van der Waals surface area contributed by atoms with Gasteiger partial charge in [-0.15, -0.1) is 0 Å². The first-order chi connectivity index (χ1) is 3.00. The Balaban J connectivity index is -0.000000120. The summed E-state index contributed by atoms with van der Waals surface area (Å²) in [5, 5.41) is 0. The van der Waals surface area contributed by atoms with Gasteiger partial charge in [-0.3, -0.25) is 4.98 Å². The van der Waals surface area contributed by atoms with Crippen molar-refractivity contribution in [2.45, 2.75) is 0 Å². The zero-order chi connectivity index (χ0) is 4.24. The van der Waals surface area contributed by atoms with Crippen LogP contribution in [-0.2, 0) is 0 Å². The van der Waals surface area contributed by atoms with E-state index in [1.54, 1.807) is 12.4 Å². The van der Waals surface area contributed by atoms with Crippen LogP contribution in [0.1, 0.15) is 0 Å². The Hall–Kier alpha value is 0.695. The quantitative estimate of drug-likeness (QED) is 0.376. The molecule has 1 aromatic rings. The minimum absolute atomic E-state index is 0. The summed E-state index contributed by atoms with van der Waals surface area (Å²) in [6.45, 7) is 0. The van der Waals surface area contributed by atoms with Gasteiger partial charge in [-0.1, -0.05) is 6.07 Å². The molecule has 0 unspecified atom stereocenters. The van der Waals surface area contributed by atoms with E-state index in [1.807, 2.05) is 18.2 Å². The molecule has 0 aliphatic carbocycles. The molecule has 4 heteroatoms. The largest absolute Gasteiger partial charge is 1.00 e. The van der Waals surface area contributed by atoms with Crippen molar-refractivity contribution < 1.29 is 46.5 Å². The van der Waals surface area contributed by atoms with Gasteiger partial charge in [0, 0.05) is 12.4 Å². The molecule has 1 nitrogen and oxygen atoms in total. The summed E-state index contributed by atoms with van der Waals surface area (Å²) < 4.78 is 0. The Morgan fingerprint density at radius 1 is 0.889 bits per heavy atom. The van der Waals surface area contributed by atoms with Crippen LogP contribution in [0.4, 0.5) is 0 Å². The molecule has 0 saturated heterocycles. The topological polar surface area (TPSA) is 12.9 Å². The van der Waals surface area contributed by atoms with Gasteiger partial charge in [0.2, 0.25) is 0 Å². The summed E-state index contributed by atoms with van der Waals surface area (Å²) in [4.78, 5) is 3.78. The van der Waals surface area contributed by atoms with Crippen LogP contribution in [0.5, 0.6) is 0 Å². The number of rotatable bonds is 0. The smallest absolute Gasteiger partial charge is 1.00 e. The third kappa shape index (κ3) is 8.69. The molecule has 0 N–H and O–H groups in total. The fourth-order valence-corrected chi connectivity index (χ4v) is 0.313. The van der Waals surface area contributed by atoms with Crippen molar-refractivity contribution in [2.24, 2.45) is 0 Å². The standard InChI is InChI=1S/C5H5N.BH3.BrH.Na/c1-2-4-6-5-3-1;;;/h1-5H;1H3;1H;/q;;;+1/p-1. The van der Waals surface area contributed by atoms with Gasteiger partial charge >= 0.3 is 29.6 Å². The van der Waals surface area contributed by atoms with E-state index in [0.717, 1.165) is 0 Å². The summed E-state index contributed by atoms with van der Waals surface area (Å²) in [7, 11) is 0. The van der Waals surface area contributed by atoms with Crippen molar-refractivity contribution in [3.63, 3.8) is 0 Å². The van der Waals surface area contributed by atoms with Crippen molar-refractivity contribution in [1.82, 2.24) is 4.98 Å². The normalized spacial score (nSPS) is 5.33. The molecule has 0 amide bonds. The predicted molar refractivity (Wildman–Crippen MR) is 34.2 cm³/mol. The minimum atomic E-state index is 0. The second kappa shape index (κ2) is 11.5. The molecule has 0 aliphatic rings. The van der Waals surface area contributed by atoms with Crippen LogP contribution in [0, 0.1) is 0 Å². The Kier molecular flexibility index (Phi) is 20.9. The number of hydrogen-bond acceptors (Lipinski definition) is 1. The Labute approximate surface area is 89.9 Å². The van der Waals surface area contributed by atoms with Gasteiger partial charge in [-0.05, 0) is 12.1 Å². The molecule has 1 rings (SSSR count). The zero-order valence-electron chi connectivity index (χ0n) is 4.71. The molecule has 0 aliphatic heterocycles. The van der Waals surface area contributed by atoms with Crippen molar-refractivity contribution in [2.75, 3.05) is 0 Å². The minimum Gasteiger partial charge on any atom is -1.00 e. The molecule has 9 heavy (non-hydrogen) atoms. The molecular formula is C5H8BBrNNa. The molecular weight excluding hydrogens is 188 g/mol. The van der Waals surface area contributed by atoms with Gasteiger partial charge in [0.25, 0.3) is 0 Å². The van der Waals surface area contributed by atoms with Gasteiger partial charge in [-0.25, -0.2) is 0 Å². The fraction of sp³-hybridized carbons (Fsp3) is 0. The van der Waals surface area contributed by atoms with Crippen molar-refractivity contribution in [3.05, 3.63) is 30.6 Å². The van der Waals surface area contributed by atoms with Gasteiger partial charge in [-0.2, -0.15) is 0 Å². The summed E-state index contributed by atoms with van der Waals surface area (Å²) >= 11 is 0. The fourth-order valence-electron chi connectivity index (χ4n) is 0.313. The average molecular weight is 196 g/mol. The molecule has 0 fully saturated rings. The van der Waals surface area contributed by atoms with Gasteiger partial charge in [0.05, 0.1) is 8.41 Å². The average Bonchev–Trinajstić information content (AvgIpc) is 1.72. The third-order valence-electron chi connectivity index (χ3n) is 0.566. The van der Waals surface area contributed by atoms with E-state index in [2.05, 4.69) is 4.98 Å². The van der Waals surface area contributed by atoms with E-state index >= 15 is 0 Å². The molecule has 0 bridgehead atoms. The van der Waals surface area contributed by atoms with Gasteiger partial charge in [0.1, 0.15) is 0 Å². The molecule has 1 heterocycles. The Bertz CT molecular complexity index is 88.9. The monoisotopic (exact) mass is 195 g/mol. The number of pyridine rings is 1. The van der Waals surface area contributed by atoms with Crippen LogP contribution >= 0.6 is 0 Å². The van der Waals surface area contributed by atoms with Crippen molar-refractivity contribution >= 4 is 8.41 Å². The molecule has 0 spiro atoms. The van der Waals surface area contributed by atoms with E-state index < -0.39 is 0 Å². The molecule has 44 valence electrons. The second-order valence-electron chi connectivity index (χ2n) is 1.02. The summed E-state index contributed by atoms with van der Waals surface area (Å²) in [5.74, 6) is 0. The van der Waals surface area contributed by atoms with Crippen molar-refractivity contribution in [3.8, 4) is 0 Å². The summed E-state index contributed by atoms with van der Waals surface area (Å²) in [6, 6.07) is 5.72. The molecule has 0 saturated carbocycles. The molecule has 0 aromatic carbocycles. The summed E-state index contributed by atoms with van der Waals surface area (Å²) in [5.41, 5.74) is 0. The van der Waals surface area contributed by atoms with Crippen LogP contribution < -0.4 is 46.5 Å². The van der Waals surface area contributed by atoms with E-state index in [0.29, 0.717) is 0 Å². The van der Waals surface area contributed by atoms with Crippen LogP contribution in [0.15, 0.2) is 30.6 Å². The number of nitrogens with zero attached hydrogens (tertiary/aromatic N) is 1. The van der Waals surface area contributed by atoms with E-state index in [-0.39, 0.29) is 55.0 Å². The number of aromatic nitrogens is 1. The molecule has 0 atom stereocenters. The second-order valence-corrected chi connectivity index (χ2v) is 1.02. The van der Waals surface area contributed by atoms with Crippen LogP contribution in [0.25, 0.3) is 0 Å². The van der Waals surface area contributed by atoms with Crippen molar-refractivity contribution in [1.29, 1.82) is 0 Å². The summed E-state index contributed by atoms with van der Waals surface area (Å²) in [6.07, 6.45) is 3.50. The van der Waals surface area contributed by atoms with E-state index in [9.17, 15) is 0 Å². The predicted octanol–water partition coefficient (Wildman–Crippen LogP) is -6.09. The molecule has 1 aromatic heterocycles. The first-order valence-electron chi connectivity index (χ1n) is 1.85. The number of hydrogen-bond donors (Lipinski definition) is 0. The zero-order valence-corrected chi connectivity index (χ0v) is 8.30. The van der Waals surface area contributed by atoms with Gasteiger partial charge in [0.15, 0.2) is 0 Å². The first kappa shape index (κ1) is 16.4.